The lowest BCUT2D eigenvalue weighted by Crippen LogP contribution is -2.39. The summed E-state index contributed by atoms with van der Waals surface area (Å²) in [5.41, 5.74) is 0. The Morgan fingerprint density at radius 1 is 1.55 bits per heavy atom. The Kier molecular flexibility index (Phi) is 6.60. The van der Waals surface area contributed by atoms with E-state index in [2.05, 4.69) is 5.32 Å². The van der Waals surface area contributed by atoms with Crippen molar-refractivity contribution >= 4 is 27.3 Å². The molecule has 0 saturated heterocycles. The smallest absolute Gasteiger partial charge is 0.252 e. The zero-order valence-electron chi connectivity index (χ0n) is 11.6. The van der Waals surface area contributed by atoms with Crippen LogP contribution in [0.25, 0.3) is 0 Å². The fourth-order valence-electron chi connectivity index (χ4n) is 1.52. The third kappa shape index (κ3) is 4.86. The minimum Gasteiger partial charge on any atom is -0.396 e. The summed E-state index contributed by atoms with van der Waals surface area (Å²) < 4.78 is 25.4. The summed E-state index contributed by atoms with van der Waals surface area (Å²) in [6, 6.07) is 3.17. The summed E-state index contributed by atoms with van der Waals surface area (Å²) >= 11 is 1.12. The molecule has 0 bridgehead atoms. The van der Waals surface area contributed by atoms with E-state index in [1.54, 1.807) is 11.4 Å². The Bertz CT molecular complexity index is 514. The third-order valence-corrected chi connectivity index (χ3v) is 5.97. The molecule has 0 aromatic carbocycles. The van der Waals surface area contributed by atoms with Crippen molar-refractivity contribution in [3.05, 3.63) is 17.5 Å². The number of carbonyl (C=O) groups excluding carboxylic acids is 1. The van der Waals surface area contributed by atoms with Gasteiger partial charge >= 0.3 is 0 Å². The van der Waals surface area contributed by atoms with Crippen molar-refractivity contribution in [3.8, 4) is 0 Å². The first kappa shape index (κ1) is 17.1. The van der Waals surface area contributed by atoms with Gasteiger partial charge in [-0.05, 0) is 23.8 Å². The molecular weight excluding hydrogens is 300 g/mol. The molecule has 0 fully saturated rings. The molecule has 0 aliphatic rings. The molecular formula is C12H20N2O4S2. The SMILES string of the molecule is CC(CCO)CNC(=O)CN(C)S(=O)(=O)c1cccs1. The first-order valence-electron chi connectivity index (χ1n) is 6.25. The normalized spacial score (nSPS) is 13.4. The van der Waals surface area contributed by atoms with Crippen LogP contribution in [0.2, 0.25) is 0 Å². The molecule has 1 unspecified atom stereocenters. The highest BCUT2D eigenvalue weighted by atomic mass is 32.2. The molecule has 1 atom stereocenters. The molecule has 0 radical (unpaired) electrons. The van der Waals surface area contributed by atoms with Crippen LogP contribution in [0.5, 0.6) is 0 Å². The summed E-state index contributed by atoms with van der Waals surface area (Å²) in [6.45, 7) is 2.19. The summed E-state index contributed by atoms with van der Waals surface area (Å²) in [7, 11) is -2.21. The van der Waals surface area contributed by atoms with Gasteiger partial charge in [0.25, 0.3) is 10.0 Å². The second kappa shape index (κ2) is 7.72. The van der Waals surface area contributed by atoms with Crippen molar-refractivity contribution in [2.45, 2.75) is 17.6 Å². The fraction of sp³-hybridized carbons (Fsp3) is 0.583. The maximum atomic E-state index is 12.1. The average Bonchev–Trinajstić information content (AvgIpc) is 2.91. The molecule has 114 valence electrons. The average molecular weight is 320 g/mol. The van der Waals surface area contributed by atoms with Gasteiger partial charge in [0.15, 0.2) is 0 Å². The van der Waals surface area contributed by atoms with E-state index in [4.69, 9.17) is 5.11 Å². The summed E-state index contributed by atoms with van der Waals surface area (Å²) in [5, 5.41) is 13.1. The lowest BCUT2D eigenvalue weighted by atomic mass is 10.1. The van der Waals surface area contributed by atoms with Crippen LogP contribution in [0.3, 0.4) is 0 Å². The van der Waals surface area contributed by atoms with Gasteiger partial charge in [0.05, 0.1) is 6.54 Å². The van der Waals surface area contributed by atoms with Crippen LogP contribution in [0.4, 0.5) is 0 Å². The number of hydrogen-bond donors (Lipinski definition) is 2. The van der Waals surface area contributed by atoms with Gasteiger partial charge in [0, 0.05) is 20.2 Å². The number of nitrogens with one attached hydrogen (secondary N) is 1. The molecule has 8 heteroatoms. The van der Waals surface area contributed by atoms with Crippen molar-refractivity contribution in [2.24, 2.45) is 5.92 Å². The molecule has 6 nitrogen and oxygen atoms in total. The Labute approximate surface area is 123 Å². The van der Waals surface area contributed by atoms with Crippen LogP contribution >= 0.6 is 11.3 Å². The maximum Gasteiger partial charge on any atom is 0.252 e. The van der Waals surface area contributed by atoms with Crippen molar-refractivity contribution in [1.29, 1.82) is 0 Å². The largest absolute Gasteiger partial charge is 0.396 e. The third-order valence-electron chi connectivity index (χ3n) is 2.80. The zero-order valence-corrected chi connectivity index (χ0v) is 13.2. The number of nitrogens with zero attached hydrogens (tertiary/aromatic N) is 1. The monoisotopic (exact) mass is 320 g/mol. The minimum absolute atomic E-state index is 0.0731. The summed E-state index contributed by atoms with van der Waals surface area (Å²) in [4.78, 5) is 11.7. The second-order valence-corrected chi connectivity index (χ2v) is 7.83. The van der Waals surface area contributed by atoms with E-state index in [0.717, 1.165) is 15.6 Å². The number of amides is 1. The van der Waals surface area contributed by atoms with Crippen molar-refractivity contribution in [1.82, 2.24) is 9.62 Å². The Hall–Kier alpha value is -0.960. The number of likely N-dealkylation sites (N-methyl/N-ethyl adjacent to an activating group) is 1. The van der Waals surface area contributed by atoms with Gasteiger partial charge in [-0.1, -0.05) is 13.0 Å². The Morgan fingerprint density at radius 3 is 2.80 bits per heavy atom. The lowest BCUT2D eigenvalue weighted by molar-refractivity contribution is -0.121. The van der Waals surface area contributed by atoms with E-state index < -0.39 is 10.0 Å². The summed E-state index contributed by atoms with van der Waals surface area (Å²) in [6.07, 6.45) is 0.601. The molecule has 0 aliphatic heterocycles. The number of thiophene rings is 1. The number of aliphatic hydroxyl groups excluding tert-OH is 1. The van der Waals surface area contributed by atoms with E-state index in [0.29, 0.717) is 13.0 Å². The van der Waals surface area contributed by atoms with Crippen LogP contribution < -0.4 is 5.32 Å². The van der Waals surface area contributed by atoms with Gasteiger partial charge in [0.1, 0.15) is 4.21 Å². The first-order valence-corrected chi connectivity index (χ1v) is 8.57. The topological polar surface area (TPSA) is 86.7 Å². The molecule has 1 rings (SSSR count). The van der Waals surface area contributed by atoms with Crippen molar-refractivity contribution < 1.29 is 18.3 Å². The Balaban J connectivity index is 2.50. The molecule has 0 spiro atoms. The van der Waals surface area contributed by atoms with E-state index in [1.807, 2.05) is 6.92 Å². The van der Waals surface area contributed by atoms with Gasteiger partial charge < -0.3 is 10.4 Å². The van der Waals surface area contributed by atoms with Gasteiger partial charge in [-0.3, -0.25) is 4.79 Å². The maximum absolute atomic E-state index is 12.1. The van der Waals surface area contributed by atoms with Crippen LogP contribution in [0.15, 0.2) is 21.7 Å². The van der Waals surface area contributed by atoms with Crippen molar-refractivity contribution in [3.63, 3.8) is 0 Å². The van der Waals surface area contributed by atoms with E-state index in [-0.39, 0.29) is 29.2 Å². The molecule has 1 amide bonds. The van der Waals surface area contributed by atoms with Crippen LogP contribution in [-0.4, -0.2) is 50.5 Å². The van der Waals surface area contributed by atoms with Gasteiger partial charge in [-0.25, -0.2) is 8.42 Å². The van der Waals surface area contributed by atoms with Gasteiger partial charge in [0.2, 0.25) is 5.91 Å². The van der Waals surface area contributed by atoms with Crippen LogP contribution in [0.1, 0.15) is 13.3 Å². The van der Waals surface area contributed by atoms with Gasteiger partial charge in [-0.2, -0.15) is 4.31 Å². The van der Waals surface area contributed by atoms with Crippen LogP contribution in [0, 0.1) is 5.92 Å². The number of aliphatic hydroxyl groups is 1. The van der Waals surface area contributed by atoms with Crippen molar-refractivity contribution in [2.75, 3.05) is 26.7 Å². The Morgan fingerprint density at radius 2 is 2.25 bits per heavy atom. The lowest BCUT2D eigenvalue weighted by Gasteiger charge is -2.17. The number of hydrogen-bond acceptors (Lipinski definition) is 5. The highest BCUT2D eigenvalue weighted by Crippen LogP contribution is 2.19. The fourth-order valence-corrected chi connectivity index (χ4v) is 3.85. The highest BCUT2D eigenvalue weighted by Gasteiger charge is 2.23. The molecule has 1 aromatic rings. The number of rotatable bonds is 8. The minimum atomic E-state index is -3.59. The highest BCUT2D eigenvalue weighted by molar-refractivity contribution is 7.91. The van der Waals surface area contributed by atoms with E-state index >= 15 is 0 Å². The van der Waals surface area contributed by atoms with Crippen LogP contribution in [-0.2, 0) is 14.8 Å². The molecule has 1 heterocycles. The van der Waals surface area contributed by atoms with E-state index in [9.17, 15) is 13.2 Å². The molecule has 2 N–H and O–H groups in total. The predicted molar refractivity (Wildman–Crippen MR) is 78.0 cm³/mol. The first-order chi connectivity index (χ1) is 9.37. The quantitative estimate of drug-likeness (QED) is 0.730. The molecule has 0 saturated carbocycles. The molecule has 0 aliphatic carbocycles. The second-order valence-electron chi connectivity index (χ2n) is 4.61. The standard InChI is InChI=1S/C12H20N2O4S2/c1-10(5-6-15)8-13-11(16)9-14(2)20(17,18)12-4-3-7-19-12/h3-4,7,10,15H,5-6,8-9H2,1-2H3,(H,13,16). The number of sulfonamides is 1. The molecule has 20 heavy (non-hydrogen) atoms. The zero-order chi connectivity index (χ0) is 15.2. The molecule has 1 aromatic heterocycles. The summed E-state index contributed by atoms with van der Waals surface area (Å²) in [5.74, 6) is -0.194. The number of carbonyl (C=O) groups is 1. The van der Waals surface area contributed by atoms with Gasteiger partial charge in [-0.15, -0.1) is 11.3 Å². The predicted octanol–water partition coefficient (Wildman–Crippen LogP) is 0.503. The van der Waals surface area contributed by atoms with E-state index in [1.165, 1.54) is 13.1 Å².